The molecule has 1 unspecified atom stereocenters. The number of methoxy groups -OCH3 is 2. The predicted molar refractivity (Wildman–Crippen MR) is 147 cm³/mol. The molecule has 0 saturated carbocycles. The lowest BCUT2D eigenvalue weighted by Crippen LogP contribution is -2.50. The number of benzene rings is 2. The Morgan fingerprint density at radius 1 is 1.07 bits per heavy atom. The van der Waals surface area contributed by atoms with Crippen LogP contribution in [0.3, 0.4) is 0 Å². The van der Waals surface area contributed by atoms with E-state index in [1.807, 2.05) is 0 Å². The summed E-state index contributed by atoms with van der Waals surface area (Å²) in [6.45, 7) is 4.27. The molecule has 1 fully saturated rings. The predicted octanol–water partition coefficient (Wildman–Crippen LogP) is 3.77. The van der Waals surface area contributed by atoms with Crippen LogP contribution in [-0.4, -0.2) is 51.9 Å². The topological polar surface area (TPSA) is 89.7 Å². The zero-order valence-corrected chi connectivity index (χ0v) is 22.5. The van der Waals surface area contributed by atoms with Gasteiger partial charge >= 0.3 is 0 Å². The van der Waals surface area contributed by atoms with Crippen LogP contribution in [0.25, 0.3) is 29.7 Å². The number of halogens is 3. The molecule has 206 valence electrons. The van der Waals surface area contributed by atoms with Crippen LogP contribution in [0.15, 0.2) is 59.5 Å². The summed E-state index contributed by atoms with van der Waals surface area (Å²) in [5, 5.41) is 11.6. The van der Waals surface area contributed by atoms with E-state index >= 15 is 0 Å². The molecule has 0 radical (unpaired) electrons. The summed E-state index contributed by atoms with van der Waals surface area (Å²) >= 11 is 6.04. The van der Waals surface area contributed by atoms with E-state index in [0.717, 1.165) is 0 Å². The van der Waals surface area contributed by atoms with Crippen molar-refractivity contribution < 1.29 is 23.4 Å². The number of para-hydroxylation sites is 1. The fourth-order valence-electron chi connectivity index (χ4n) is 4.98. The van der Waals surface area contributed by atoms with Gasteiger partial charge in [0, 0.05) is 30.8 Å². The number of rotatable bonds is 6. The first-order valence-electron chi connectivity index (χ1n) is 12.3. The average Bonchev–Trinajstić information content (AvgIpc) is 3.42. The number of nitrogens with zero attached hydrogens (tertiary/aromatic N) is 4. The van der Waals surface area contributed by atoms with Crippen molar-refractivity contribution in [3.8, 4) is 28.7 Å². The minimum atomic E-state index is -0.674. The van der Waals surface area contributed by atoms with Crippen LogP contribution in [0.4, 0.5) is 8.78 Å². The lowest BCUT2D eigenvalue weighted by Gasteiger charge is -2.20. The molecule has 11 heteroatoms. The van der Waals surface area contributed by atoms with Gasteiger partial charge in [-0.2, -0.15) is 0 Å². The molecule has 40 heavy (non-hydrogen) atoms. The second kappa shape index (κ2) is 11.0. The minimum Gasteiger partial charge on any atom is -0.494 e. The smallest absolute Gasteiger partial charge is 0.271 e. The molecule has 0 spiro atoms. The lowest BCUT2D eigenvalue weighted by molar-refractivity contribution is 0.320. The first-order chi connectivity index (χ1) is 19.2. The van der Waals surface area contributed by atoms with E-state index in [1.54, 1.807) is 30.3 Å². The Labute approximate surface area is 233 Å². The zero-order chi connectivity index (χ0) is 28.6. The fraction of sp³-hybridized carbons (Fsp3) is 0.207. The van der Waals surface area contributed by atoms with Gasteiger partial charge in [0.1, 0.15) is 39.7 Å². The third-order valence-corrected chi connectivity index (χ3v) is 7.08. The van der Waals surface area contributed by atoms with Crippen molar-refractivity contribution in [3.63, 3.8) is 0 Å². The van der Waals surface area contributed by atoms with E-state index in [0.29, 0.717) is 28.6 Å². The monoisotopic (exact) mass is 566 g/mol. The molecule has 3 heterocycles. The van der Waals surface area contributed by atoms with Gasteiger partial charge in [-0.1, -0.05) is 30.3 Å². The summed E-state index contributed by atoms with van der Waals surface area (Å²) in [5.74, 6) is -1.53. The normalized spacial score (nSPS) is 15.7. The maximum atomic E-state index is 14.5. The molecule has 1 aliphatic heterocycles. The van der Waals surface area contributed by atoms with E-state index in [2.05, 4.69) is 16.5 Å². The number of aromatic nitrogens is 3. The van der Waals surface area contributed by atoms with Crippen molar-refractivity contribution in [1.82, 2.24) is 19.4 Å². The number of pyridine rings is 1. The highest BCUT2D eigenvalue weighted by Crippen LogP contribution is 2.34. The van der Waals surface area contributed by atoms with Gasteiger partial charge in [0.25, 0.3) is 5.56 Å². The van der Waals surface area contributed by atoms with Gasteiger partial charge < -0.3 is 19.5 Å². The Morgan fingerprint density at radius 3 is 2.33 bits per heavy atom. The highest BCUT2D eigenvalue weighted by Gasteiger charge is 2.31. The van der Waals surface area contributed by atoms with Crippen LogP contribution in [0.1, 0.15) is 17.9 Å². The molecule has 0 bridgehead atoms. The molecule has 0 amide bonds. The van der Waals surface area contributed by atoms with E-state index in [-0.39, 0.29) is 40.7 Å². The number of likely N-dealkylation sites (tertiary alicyclic amines) is 1. The second-order valence-corrected chi connectivity index (χ2v) is 9.60. The molecular weight excluding hydrogens is 542 g/mol. The van der Waals surface area contributed by atoms with Crippen LogP contribution in [0, 0.1) is 11.6 Å². The summed E-state index contributed by atoms with van der Waals surface area (Å²) in [4.78, 5) is 24.6. The minimum absolute atomic E-state index is 0.0140. The maximum absolute atomic E-state index is 14.5. The highest BCUT2D eigenvalue weighted by atomic mass is 35.5. The van der Waals surface area contributed by atoms with Crippen LogP contribution < -0.4 is 25.6 Å². The summed E-state index contributed by atoms with van der Waals surface area (Å²) in [6, 6.07) is 11.9. The Morgan fingerprint density at radius 2 is 1.73 bits per heavy atom. The van der Waals surface area contributed by atoms with Crippen molar-refractivity contribution in [2.45, 2.75) is 12.3 Å². The standard InChI is InChI=1S/C29H25ClF2N4O4/c1-16-24(28(37)35-13-12-17(15-35)25-19(31)6-4-7-20(25)32)29(38)36(26-22(39-2)8-5-9-23(26)40-3)27(34-16)21-11-10-18(30)14-33-21/h4-11,14,17,37H,1,12-13,15H2,2-3H3. The van der Waals surface area contributed by atoms with E-state index in [9.17, 15) is 18.7 Å². The van der Waals surface area contributed by atoms with Gasteiger partial charge in [-0.25, -0.2) is 13.8 Å². The Hall–Kier alpha value is -4.44. The third-order valence-electron chi connectivity index (χ3n) is 6.86. The van der Waals surface area contributed by atoms with E-state index in [4.69, 9.17) is 21.1 Å². The molecule has 0 aliphatic carbocycles. The number of hydrogen-bond acceptors (Lipinski definition) is 7. The van der Waals surface area contributed by atoms with Crippen molar-refractivity contribution in [2.24, 2.45) is 0 Å². The van der Waals surface area contributed by atoms with Crippen molar-refractivity contribution in [2.75, 3.05) is 27.3 Å². The lowest BCUT2D eigenvalue weighted by atomic mass is 9.97. The average molecular weight is 567 g/mol. The van der Waals surface area contributed by atoms with Crippen molar-refractivity contribution in [3.05, 3.63) is 97.9 Å². The van der Waals surface area contributed by atoms with Gasteiger partial charge in [-0.05, 0) is 42.8 Å². The van der Waals surface area contributed by atoms with Crippen LogP contribution >= 0.6 is 11.6 Å². The largest absolute Gasteiger partial charge is 0.494 e. The number of aliphatic hydroxyl groups is 1. The Bertz CT molecular complexity index is 1720. The van der Waals surface area contributed by atoms with E-state index in [1.165, 1.54) is 48.1 Å². The maximum Gasteiger partial charge on any atom is 0.271 e. The van der Waals surface area contributed by atoms with Crippen molar-refractivity contribution >= 4 is 24.1 Å². The Balaban J connectivity index is 1.74. The van der Waals surface area contributed by atoms with Gasteiger partial charge in [-0.15, -0.1) is 0 Å². The SMILES string of the molecule is C=c1nc(-c2ccc(Cl)cn2)n(-c2c(OC)cccc2OC)c(=O)c1=C(O)N1CCC(c2c(F)cccc2F)C1. The van der Waals surface area contributed by atoms with Gasteiger partial charge in [0.2, 0.25) is 5.88 Å². The first-order valence-corrected chi connectivity index (χ1v) is 12.7. The molecule has 1 N–H and O–H groups in total. The van der Waals surface area contributed by atoms with Crippen LogP contribution in [0.2, 0.25) is 5.02 Å². The summed E-state index contributed by atoms with van der Waals surface area (Å²) in [5.41, 5.74) is -0.182. The van der Waals surface area contributed by atoms with Crippen LogP contribution in [-0.2, 0) is 0 Å². The highest BCUT2D eigenvalue weighted by molar-refractivity contribution is 6.30. The molecule has 1 aliphatic rings. The number of hydrogen-bond donors (Lipinski definition) is 1. The molecule has 5 rings (SSSR count). The number of ether oxygens (including phenoxy) is 2. The summed E-state index contributed by atoms with van der Waals surface area (Å²) in [7, 11) is 2.90. The molecule has 1 atom stereocenters. The molecule has 4 aromatic rings. The molecule has 8 nitrogen and oxygen atoms in total. The second-order valence-electron chi connectivity index (χ2n) is 9.16. The Kier molecular flexibility index (Phi) is 7.44. The van der Waals surface area contributed by atoms with Gasteiger partial charge in [0.05, 0.1) is 24.6 Å². The first kappa shape index (κ1) is 27.1. The molecule has 2 aromatic carbocycles. The van der Waals surface area contributed by atoms with Gasteiger partial charge in [0.15, 0.2) is 5.82 Å². The third kappa shape index (κ3) is 4.75. The zero-order valence-electron chi connectivity index (χ0n) is 21.7. The van der Waals surface area contributed by atoms with Crippen molar-refractivity contribution in [1.29, 1.82) is 0 Å². The fourth-order valence-corrected chi connectivity index (χ4v) is 5.09. The molecule has 1 saturated heterocycles. The van der Waals surface area contributed by atoms with Gasteiger partial charge in [-0.3, -0.25) is 14.3 Å². The van der Waals surface area contributed by atoms with E-state index < -0.39 is 29.0 Å². The summed E-state index contributed by atoms with van der Waals surface area (Å²) < 4.78 is 41.2. The quantitative estimate of drug-likeness (QED) is 0.380. The molecule has 2 aromatic heterocycles. The molecular formula is C29H25ClF2N4O4. The van der Waals surface area contributed by atoms with Crippen LogP contribution in [0.5, 0.6) is 11.5 Å². The number of aliphatic hydroxyl groups excluding tert-OH is 1. The summed E-state index contributed by atoms with van der Waals surface area (Å²) in [6.07, 6.45) is 1.78.